The van der Waals surface area contributed by atoms with Crippen LogP contribution in [0.5, 0.6) is 5.75 Å². The van der Waals surface area contributed by atoms with Crippen molar-refractivity contribution in [3.8, 4) is 5.75 Å². The largest absolute Gasteiger partial charge is 0.497 e. The van der Waals surface area contributed by atoms with E-state index in [2.05, 4.69) is 11.6 Å². The minimum Gasteiger partial charge on any atom is -0.497 e. The molecule has 3 heteroatoms. The molecule has 0 saturated heterocycles. The second-order valence-electron chi connectivity index (χ2n) is 4.04. The first kappa shape index (κ1) is 12.2. The minimum atomic E-state index is 0.566. The third-order valence-electron chi connectivity index (χ3n) is 2.81. The lowest BCUT2D eigenvalue weighted by Crippen LogP contribution is -1.99. The van der Waals surface area contributed by atoms with Crippen LogP contribution < -0.4 is 10.5 Å². The van der Waals surface area contributed by atoms with E-state index in [0.29, 0.717) is 5.82 Å². The van der Waals surface area contributed by atoms with Gasteiger partial charge in [-0.15, -0.1) is 0 Å². The number of hydrogen-bond donors (Lipinski definition) is 1. The molecule has 2 N–H and O–H groups in total. The number of pyridine rings is 1. The molecule has 3 nitrogen and oxygen atoms in total. The highest BCUT2D eigenvalue weighted by molar-refractivity contribution is 5.53. The van der Waals surface area contributed by atoms with Crippen molar-refractivity contribution in [1.29, 1.82) is 0 Å². The second kappa shape index (κ2) is 5.36. The van der Waals surface area contributed by atoms with Gasteiger partial charge in [-0.05, 0) is 34.9 Å². The van der Waals surface area contributed by atoms with Gasteiger partial charge >= 0.3 is 0 Å². The van der Waals surface area contributed by atoms with Crippen molar-refractivity contribution in [2.24, 2.45) is 0 Å². The molecule has 0 unspecified atom stereocenters. The summed E-state index contributed by atoms with van der Waals surface area (Å²) in [6.45, 7) is 3.73. The molecule has 0 saturated carbocycles. The smallest absolute Gasteiger partial charge is 0.126 e. The number of aromatic nitrogens is 1. The number of anilines is 1. The van der Waals surface area contributed by atoms with Crippen LogP contribution in [0.25, 0.3) is 6.08 Å². The van der Waals surface area contributed by atoms with Crippen LogP contribution in [0.2, 0.25) is 0 Å². The fourth-order valence-corrected chi connectivity index (χ4v) is 1.76. The Kier molecular flexibility index (Phi) is 3.63. The molecule has 0 aliphatic heterocycles. The van der Waals surface area contributed by atoms with Gasteiger partial charge in [-0.3, -0.25) is 0 Å². The summed E-state index contributed by atoms with van der Waals surface area (Å²) in [6.07, 6.45) is 4.24. The standard InChI is InChI=1S/C15H16N2O/c1-3-11-8-13(15(16)17-10-11)9-12-4-6-14(18-2)7-5-12/h3-8,10H,1,9H2,2H3,(H2,16,17). The van der Waals surface area contributed by atoms with Crippen LogP contribution in [0, 0.1) is 0 Å². The van der Waals surface area contributed by atoms with E-state index in [-0.39, 0.29) is 0 Å². The average Bonchev–Trinajstić information content (AvgIpc) is 2.42. The Bertz CT molecular complexity index is 547. The minimum absolute atomic E-state index is 0.566. The number of nitrogens with zero attached hydrogens (tertiary/aromatic N) is 1. The first-order valence-electron chi connectivity index (χ1n) is 5.72. The van der Waals surface area contributed by atoms with E-state index in [1.807, 2.05) is 30.3 Å². The molecular formula is C15H16N2O. The number of methoxy groups -OCH3 is 1. The zero-order chi connectivity index (χ0) is 13.0. The predicted molar refractivity (Wildman–Crippen MR) is 74.5 cm³/mol. The molecule has 1 aromatic heterocycles. The van der Waals surface area contributed by atoms with Crippen molar-refractivity contribution >= 4 is 11.9 Å². The SMILES string of the molecule is C=Cc1cnc(N)c(Cc2ccc(OC)cc2)c1. The molecule has 0 aliphatic carbocycles. The fraction of sp³-hybridized carbons (Fsp3) is 0.133. The molecule has 2 aromatic rings. The van der Waals surface area contributed by atoms with E-state index >= 15 is 0 Å². The van der Waals surface area contributed by atoms with Crippen molar-refractivity contribution in [3.63, 3.8) is 0 Å². The van der Waals surface area contributed by atoms with Gasteiger partial charge in [-0.1, -0.05) is 24.8 Å². The van der Waals surface area contributed by atoms with Crippen LogP contribution in [0.15, 0.2) is 43.1 Å². The summed E-state index contributed by atoms with van der Waals surface area (Å²) in [5.74, 6) is 1.42. The maximum absolute atomic E-state index is 5.88. The number of hydrogen-bond acceptors (Lipinski definition) is 3. The van der Waals surface area contributed by atoms with Crippen molar-refractivity contribution < 1.29 is 4.74 Å². The molecule has 0 radical (unpaired) electrons. The van der Waals surface area contributed by atoms with Gasteiger partial charge in [0.1, 0.15) is 11.6 Å². The average molecular weight is 240 g/mol. The summed E-state index contributed by atoms with van der Waals surface area (Å²) in [4.78, 5) is 4.16. The van der Waals surface area contributed by atoms with E-state index in [1.165, 1.54) is 5.56 Å². The summed E-state index contributed by atoms with van der Waals surface area (Å²) < 4.78 is 5.13. The summed E-state index contributed by atoms with van der Waals surface area (Å²) in [6, 6.07) is 9.95. The van der Waals surface area contributed by atoms with Gasteiger partial charge in [-0.25, -0.2) is 4.98 Å². The first-order valence-corrected chi connectivity index (χ1v) is 5.72. The Morgan fingerprint density at radius 1 is 1.33 bits per heavy atom. The quantitative estimate of drug-likeness (QED) is 0.893. The Labute approximate surface area is 107 Å². The third-order valence-corrected chi connectivity index (χ3v) is 2.81. The van der Waals surface area contributed by atoms with Crippen LogP contribution in [0.4, 0.5) is 5.82 Å². The van der Waals surface area contributed by atoms with Crippen LogP contribution in [-0.4, -0.2) is 12.1 Å². The molecule has 1 heterocycles. The summed E-state index contributed by atoms with van der Waals surface area (Å²) in [7, 11) is 1.66. The monoisotopic (exact) mass is 240 g/mol. The van der Waals surface area contributed by atoms with Crippen molar-refractivity contribution in [3.05, 3.63) is 59.8 Å². The van der Waals surface area contributed by atoms with Gasteiger partial charge in [-0.2, -0.15) is 0 Å². The van der Waals surface area contributed by atoms with Crippen LogP contribution in [0.3, 0.4) is 0 Å². The van der Waals surface area contributed by atoms with Gasteiger partial charge in [0.2, 0.25) is 0 Å². The lowest BCUT2D eigenvalue weighted by Gasteiger charge is -2.07. The molecule has 0 amide bonds. The molecule has 1 aromatic carbocycles. The molecule has 18 heavy (non-hydrogen) atoms. The molecule has 92 valence electrons. The second-order valence-corrected chi connectivity index (χ2v) is 4.04. The Hall–Kier alpha value is -2.29. The predicted octanol–water partition coefficient (Wildman–Crippen LogP) is 2.91. The molecule has 0 bridgehead atoms. The Morgan fingerprint density at radius 2 is 2.06 bits per heavy atom. The highest BCUT2D eigenvalue weighted by atomic mass is 16.5. The Morgan fingerprint density at radius 3 is 2.67 bits per heavy atom. The first-order chi connectivity index (χ1) is 8.72. The number of nitrogens with two attached hydrogens (primary N) is 1. The lowest BCUT2D eigenvalue weighted by atomic mass is 10.0. The summed E-state index contributed by atoms with van der Waals surface area (Å²) >= 11 is 0. The molecule has 2 rings (SSSR count). The number of benzene rings is 1. The number of ether oxygens (including phenoxy) is 1. The van der Waals surface area contributed by atoms with Crippen molar-refractivity contribution in [2.75, 3.05) is 12.8 Å². The summed E-state index contributed by atoms with van der Waals surface area (Å²) in [5.41, 5.74) is 9.04. The van der Waals surface area contributed by atoms with Crippen molar-refractivity contribution in [2.45, 2.75) is 6.42 Å². The van der Waals surface area contributed by atoms with E-state index < -0.39 is 0 Å². The Balaban J connectivity index is 2.24. The van der Waals surface area contributed by atoms with Crippen LogP contribution >= 0.6 is 0 Å². The number of rotatable bonds is 4. The molecule has 0 spiro atoms. The fourth-order valence-electron chi connectivity index (χ4n) is 1.76. The third kappa shape index (κ3) is 2.69. The van der Waals surface area contributed by atoms with Crippen molar-refractivity contribution in [1.82, 2.24) is 4.98 Å². The topological polar surface area (TPSA) is 48.1 Å². The van der Waals surface area contributed by atoms with E-state index in [1.54, 1.807) is 19.4 Å². The maximum atomic E-state index is 5.88. The normalized spacial score (nSPS) is 10.1. The zero-order valence-electron chi connectivity index (χ0n) is 10.4. The maximum Gasteiger partial charge on any atom is 0.126 e. The molecule has 0 aliphatic rings. The van der Waals surface area contributed by atoms with E-state index in [4.69, 9.17) is 10.5 Å². The molecular weight excluding hydrogens is 224 g/mol. The van der Waals surface area contributed by atoms with E-state index in [0.717, 1.165) is 23.3 Å². The molecule has 0 atom stereocenters. The highest BCUT2D eigenvalue weighted by Crippen LogP contribution is 2.18. The van der Waals surface area contributed by atoms with Gasteiger partial charge in [0, 0.05) is 12.6 Å². The van der Waals surface area contributed by atoms with Crippen LogP contribution in [0.1, 0.15) is 16.7 Å². The summed E-state index contributed by atoms with van der Waals surface area (Å²) in [5, 5.41) is 0. The number of nitrogen functional groups attached to an aromatic ring is 1. The lowest BCUT2D eigenvalue weighted by molar-refractivity contribution is 0.414. The highest BCUT2D eigenvalue weighted by Gasteiger charge is 2.03. The van der Waals surface area contributed by atoms with Gasteiger partial charge in [0.25, 0.3) is 0 Å². The molecule has 0 fully saturated rings. The van der Waals surface area contributed by atoms with Gasteiger partial charge in [0.05, 0.1) is 7.11 Å². The van der Waals surface area contributed by atoms with Gasteiger partial charge in [0.15, 0.2) is 0 Å². The van der Waals surface area contributed by atoms with Gasteiger partial charge < -0.3 is 10.5 Å². The van der Waals surface area contributed by atoms with E-state index in [9.17, 15) is 0 Å². The van der Waals surface area contributed by atoms with Crippen LogP contribution in [-0.2, 0) is 6.42 Å². The zero-order valence-corrected chi connectivity index (χ0v) is 10.4.